The molecule has 2 bridgehead atoms. The molecule has 24 heavy (non-hydrogen) atoms. The van der Waals surface area contributed by atoms with E-state index < -0.39 is 0 Å². The quantitative estimate of drug-likeness (QED) is 0.259. The SMILES string of the molecule is O=C(CCS)OCCOC(=O)CCSCCC1CC2CC1C1OC21. The summed E-state index contributed by atoms with van der Waals surface area (Å²) in [6.45, 7) is 0.259. The summed E-state index contributed by atoms with van der Waals surface area (Å²) in [6, 6.07) is 0. The van der Waals surface area contributed by atoms with Crippen LogP contribution in [0.3, 0.4) is 0 Å². The summed E-state index contributed by atoms with van der Waals surface area (Å²) in [7, 11) is 0. The molecular weight excluding hydrogens is 348 g/mol. The first kappa shape index (κ1) is 18.4. The fourth-order valence-corrected chi connectivity index (χ4v) is 5.27. The fraction of sp³-hybridized carbons (Fsp3) is 0.882. The Morgan fingerprint density at radius 1 is 1.04 bits per heavy atom. The molecule has 0 amide bonds. The second-order valence-electron chi connectivity index (χ2n) is 6.79. The van der Waals surface area contributed by atoms with E-state index in [0.29, 0.717) is 24.4 Å². The lowest BCUT2D eigenvalue weighted by atomic mass is 9.87. The van der Waals surface area contributed by atoms with Crippen LogP contribution in [0, 0.1) is 17.8 Å². The molecule has 1 aliphatic heterocycles. The standard InChI is InChI=1S/C17H26O5S2/c18-14(1-6-23)20-4-5-21-15(19)3-8-24-7-2-11-9-12-10-13(11)17-16(12)22-17/h11-13,16-17,23H,1-10H2. The predicted molar refractivity (Wildman–Crippen MR) is 95.3 cm³/mol. The lowest BCUT2D eigenvalue weighted by Crippen LogP contribution is -2.18. The second kappa shape index (κ2) is 8.81. The first-order valence-electron chi connectivity index (χ1n) is 8.84. The molecule has 0 N–H and O–H groups in total. The molecule has 0 radical (unpaired) electrons. The van der Waals surface area contributed by atoms with Gasteiger partial charge in [-0.1, -0.05) is 0 Å². The van der Waals surface area contributed by atoms with E-state index in [1.54, 1.807) is 0 Å². The van der Waals surface area contributed by atoms with Crippen LogP contribution in [0.1, 0.15) is 32.1 Å². The number of rotatable bonds is 11. The van der Waals surface area contributed by atoms with Gasteiger partial charge in [0.25, 0.3) is 0 Å². The summed E-state index contributed by atoms with van der Waals surface area (Å²) in [5, 5.41) is 0. The van der Waals surface area contributed by atoms with Crippen LogP contribution < -0.4 is 0 Å². The van der Waals surface area contributed by atoms with Crippen LogP contribution in [0.25, 0.3) is 0 Å². The van der Waals surface area contributed by atoms with Crippen molar-refractivity contribution in [3.05, 3.63) is 0 Å². The molecule has 7 heteroatoms. The van der Waals surface area contributed by atoms with Crippen molar-refractivity contribution in [1.82, 2.24) is 0 Å². The highest BCUT2D eigenvalue weighted by molar-refractivity contribution is 7.99. The molecule has 0 aromatic rings. The van der Waals surface area contributed by atoms with Crippen LogP contribution in [-0.2, 0) is 23.8 Å². The predicted octanol–water partition coefficient (Wildman–Crippen LogP) is 2.33. The molecule has 5 nitrogen and oxygen atoms in total. The molecule has 1 heterocycles. The van der Waals surface area contributed by atoms with E-state index in [0.717, 1.165) is 29.3 Å². The Morgan fingerprint density at radius 2 is 1.79 bits per heavy atom. The van der Waals surface area contributed by atoms with Gasteiger partial charge in [-0.3, -0.25) is 9.59 Å². The molecule has 0 spiro atoms. The van der Waals surface area contributed by atoms with Crippen LogP contribution in [0.2, 0.25) is 0 Å². The van der Waals surface area contributed by atoms with Gasteiger partial charge < -0.3 is 14.2 Å². The van der Waals surface area contributed by atoms with Crippen molar-refractivity contribution in [1.29, 1.82) is 0 Å². The minimum Gasteiger partial charge on any atom is -0.462 e. The van der Waals surface area contributed by atoms with Gasteiger partial charge in [-0.15, -0.1) is 0 Å². The van der Waals surface area contributed by atoms with Gasteiger partial charge in [-0.25, -0.2) is 0 Å². The molecule has 5 atom stereocenters. The molecule has 2 saturated carbocycles. The molecule has 0 aromatic heterocycles. The fourth-order valence-electron chi connectivity index (χ4n) is 4.10. The molecule has 5 unspecified atom stereocenters. The van der Waals surface area contributed by atoms with Crippen molar-refractivity contribution in [2.75, 3.05) is 30.5 Å². The Bertz CT molecular complexity index is 458. The smallest absolute Gasteiger partial charge is 0.306 e. The van der Waals surface area contributed by atoms with Gasteiger partial charge in [-0.2, -0.15) is 24.4 Å². The second-order valence-corrected chi connectivity index (χ2v) is 8.46. The minimum atomic E-state index is -0.305. The Hall–Kier alpha value is -0.400. The number of carbonyl (C=O) groups is 2. The minimum absolute atomic E-state index is 0.125. The van der Waals surface area contributed by atoms with Crippen molar-refractivity contribution >= 4 is 36.3 Å². The van der Waals surface area contributed by atoms with E-state index in [1.807, 2.05) is 11.8 Å². The topological polar surface area (TPSA) is 65.1 Å². The molecule has 3 fully saturated rings. The zero-order chi connectivity index (χ0) is 16.9. The third-order valence-electron chi connectivity index (χ3n) is 5.24. The Morgan fingerprint density at radius 3 is 2.46 bits per heavy atom. The maximum atomic E-state index is 11.6. The van der Waals surface area contributed by atoms with E-state index in [-0.39, 0.29) is 31.6 Å². The average Bonchev–Trinajstić information content (AvgIpc) is 3.17. The van der Waals surface area contributed by atoms with Crippen LogP contribution in [0.5, 0.6) is 0 Å². The molecule has 2 aliphatic carbocycles. The number of fused-ring (bicyclic) bond motifs is 5. The number of carbonyl (C=O) groups excluding carboxylic acids is 2. The zero-order valence-corrected chi connectivity index (χ0v) is 15.6. The molecule has 1 saturated heterocycles. The van der Waals surface area contributed by atoms with Crippen molar-refractivity contribution in [3.63, 3.8) is 0 Å². The number of epoxide rings is 1. The monoisotopic (exact) mass is 374 g/mol. The van der Waals surface area contributed by atoms with Crippen molar-refractivity contribution in [3.8, 4) is 0 Å². The lowest BCUT2D eigenvalue weighted by molar-refractivity contribution is -0.151. The summed E-state index contributed by atoms with van der Waals surface area (Å²) < 4.78 is 15.6. The van der Waals surface area contributed by atoms with E-state index in [1.165, 1.54) is 19.3 Å². The van der Waals surface area contributed by atoms with Crippen molar-refractivity contribution in [2.45, 2.75) is 44.3 Å². The van der Waals surface area contributed by atoms with Gasteiger partial charge in [0.05, 0.1) is 25.0 Å². The molecule has 136 valence electrons. The van der Waals surface area contributed by atoms with E-state index >= 15 is 0 Å². The number of thioether (sulfide) groups is 1. The number of hydrogen-bond donors (Lipinski definition) is 1. The Kier molecular flexibility index (Phi) is 6.75. The molecule has 0 aromatic carbocycles. The number of ether oxygens (including phenoxy) is 3. The van der Waals surface area contributed by atoms with Crippen LogP contribution >= 0.6 is 24.4 Å². The number of thiol groups is 1. The molecule has 3 aliphatic rings. The van der Waals surface area contributed by atoms with Crippen LogP contribution in [-0.4, -0.2) is 54.6 Å². The maximum Gasteiger partial charge on any atom is 0.306 e. The van der Waals surface area contributed by atoms with E-state index in [9.17, 15) is 9.59 Å². The Labute approximate surface area is 153 Å². The van der Waals surface area contributed by atoms with Gasteiger partial charge in [-0.05, 0) is 42.8 Å². The molecule has 3 rings (SSSR count). The average molecular weight is 375 g/mol. The Balaban J connectivity index is 1.14. The highest BCUT2D eigenvalue weighted by Crippen LogP contribution is 2.59. The van der Waals surface area contributed by atoms with Crippen molar-refractivity contribution < 1.29 is 23.8 Å². The van der Waals surface area contributed by atoms with Crippen molar-refractivity contribution in [2.24, 2.45) is 17.8 Å². The van der Waals surface area contributed by atoms with Crippen LogP contribution in [0.4, 0.5) is 0 Å². The number of esters is 2. The summed E-state index contributed by atoms with van der Waals surface area (Å²) in [5.41, 5.74) is 0. The van der Waals surface area contributed by atoms with Crippen LogP contribution in [0.15, 0.2) is 0 Å². The highest BCUT2D eigenvalue weighted by atomic mass is 32.2. The zero-order valence-electron chi connectivity index (χ0n) is 13.9. The van der Waals surface area contributed by atoms with E-state index in [2.05, 4.69) is 12.6 Å². The third kappa shape index (κ3) is 4.82. The van der Waals surface area contributed by atoms with Gasteiger partial charge in [0.2, 0.25) is 0 Å². The summed E-state index contributed by atoms with van der Waals surface area (Å²) in [4.78, 5) is 22.7. The van der Waals surface area contributed by atoms with Gasteiger partial charge in [0, 0.05) is 11.5 Å². The van der Waals surface area contributed by atoms with Gasteiger partial charge in [0.1, 0.15) is 13.2 Å². The number of hydrogen-bond acceptors (Lipinski definition) is 7. The third-order valence-corrected chi connectivity index (χ3v) is 6.48. The first-order valence-corrected chi connectivity index (χ1v) is 10.6. The first-order chi connectivity index (χ1) is 11.7. The van der Waals surface area contributed by atoms with Gasteiger partial charge in [0.15, 0.2) is 0 Å². The summed E-state index contributed by atoms with van der Waals surface area (Å²) in [6.07, 6.45) is 5.88. The normalized spacial score (nSPS) is 32.5. The lowest BCUT2D eigenvalue weighted by Gasteiger charge is -2.18. The maximum absolute atomic E-state index is 11.6. The molecular formula is C17H26O5S2. The largest absolute Gasteiger partial charge is 0.462 e. The summed E-state index contributed by atoms with van der Waals surface area (Å²) in [5.74, 6) is 4.34. The highest BCUT2D eigenvalue weighted by Gasteiger charge is 2.62. The van der Waals surface area contributed by atoms with E-state index in [4.69, 9.17) is 14.2 Å². The van der Waals surface area contributed by atoms with Gasteiger partial charge >= 0.3 is 11.9 Å². The summed E-state index contributed by atoms with van der Waals surface area (Å²) >= 11 is 5.77.